The van der Waals surface area contributed by atoms with Crippen LogP contribution in [0.1, 0.15) is 5.69 Å². The fraction of sp³-hybridized carbons (Fsp3) is 0.583. The lowest BCUT2D eigenvalue weighted by atomic mass is 10.2. The van der Waals surface area contributed by atoms with E-state index in [1.54, 1.807) is 0 Å². The maximum atomic E-state index is 12.2. The normalized spacial score (nSPS) is 18.8. The maximum absolute atomic E-state index is 12.2. The quantitative estimate of drug-likeness (QED) is 0.766. The smallest absolute Gasteiger partial charge is 0.373 e. The Morgan fingerprint density at radius 3 is 2.91 bits per heavy atom. The van der Waals surface area contributed by atoms with Gasteiger partial charge in [0.1, 0.15) is 0 Å². The molecule has 1 aliphatic heterocycles. The van der Waals surface area contributed by atoms with Gasteiger partial charge in [0.15, 0.2) is 5.13 Å². The third kappa shape index (κ3) is 5.15. The molecule has 1 aromatic heterocycles. The number of halogens is 3. The Balaban J connectivity index is 1.92. The van der Waals surface area contributed by atoms with Gasteiger partial charge in [-0.05, 0) is 0 Å². The van der Waals surface area contributed by atoms with Gasteiger partial charge in [0.05, 0.1) is 24.8 Å². The van der Waals surface area contributed by atoms with Crippen molar-refractivity contribution in [3.05, 3.63) is 11.1 Å². The minimum absolute atomic E-state index is 0.0498. The summed E-state index contributed by atoms with van der Waals surface area (Å²) in [5.41, 5.74) is 5.25. The Labute approximate surface area is 133 Å². The summed E-state index contributed by atoms with van der Waals surface area (Å²) in [7, 11) is 0. The number of carbonyl (C=O) groups excluding carboxylic acids is 2. The molecule has 0 saturated carbocycles. The minimum atomic E-state index is -4.38. The molecule has 1 saturated heterocycles. The predicted molar refractivity (Wildman–Crippen MR) is 75.9 cm³/mol. The van der Waals surface area contributed by atoms with Crippen LogP contribution in [0.3, 0.4) is 0 Å². The number of thiazole rings is 1. The first-order valence-electron chi connectivity index (χ1n) is 6.71. The van der Waals surface area contributed by atoms with Crippen molar-refractivity contribution in [2.24, 2.45) is 5.73 Å². The molecule has 11 heteroatoms. The molecule has 2 heterocycles. The van der Waals surface area contributed by atoms with Crippen LogP contribution in [0.15, 0.2) is 5.38 Å². The van der Waals surface area contributed by atoms with Crippen molar-refractivity contribution in [2.75, 3.05) is 31.6 Å². The van der Waals surface area contributed by atoms with E-state index in [2.05, 4.69) is 10.3 Å². The van der Waals surface area contributed by atoms with Crippen LogP contribution in [0.2, 0.25) is 0 Å². The fourth-order valence-electron chi connectivity index (χ4n) is 1.99. The third-order valence-electron chi connectivity index (χ3n) is 3.04. The molecule has 0 aromatic carbocycles. The summed E-state index contributed by atoms with van der Waals surface area (Å²) in [6.45, 7) is 0.937. The molecule has 1 atom stereocenters. The average molecular weight is 352 g/mol. The van der Waals surface area contributed by atoms with Crippen LogP contribution in [0, 0.1) is 0 Å². The molecule has 1 fully saturated rings. The lowest BCUT2D eigenvalue weighted by molar-refractivity contribution is -0.147. The van der Waals surface area contributed by atoms with Crippen molar-refractivity contribution < 1.29 is 27.5 Å². The molecular formula is C12H15F3N4O3S. The number of alkyl halides is 3. The molecule has 1 unspecified atom stereocenters. The van der Waals surface area contributed by atoms with E-state index in [9.17, 15) is 22.8 Å². The minimum Gasteiger partial charge on any atom is -0.373 e. The van der Waals surface area contributed by atoms with Crippen LogP contribution < -0.4 is 11.1 Å². The third-order valence-corrected chi connectivity index (χ3v) is 3.84. The van der Waals surface area contributed by atoms with E-state index in [0.717, 1.165) is 11.3 Å². The number of ether oxygens (including phenoxy) is 1. The molecule has 0 spiro atoms. The van der Waals surface area contributed by atoms with E-state index in [0.29, 0.717) is 0 Å². The number of aromatic nitrogens is 1. The van der Waals surface area contributed by atoms with Gasteiger partial charge in [-0.2, -0.15) is 13.2 Å². The first-order valence-corrected chi connectivity index (χ1v) is 7.59. The number of anilines is 1. The standard InChI is InChI=1S/C12H15F3N4O3S/c13-12(14,15)3-7-6-23-11(17-7)18-9(20)10(21)19-1-2-22-8(4-16)5-19/h6,8H,1-5,16H2,(H,17,18,20). The topological polar surface area (TPSA) is 97.5 Å². The number of nitrogens with two attached hydrogens (primary N) is 1. The summed E-state index contributed by atoms with van der Waals surface area (Å²) in [6, 6.07) is 0. The van der Waals surface area contributed by atoms with Gasteiger partial charge >= 0.3 is 18.0 Å². The van der Waals surface area contributed by atoms with Crippen LogP contribution in [0.5, 0.6) is 0 Å². The van der Waals surface area contributed by atoms with Crippen LogP contribution >= 0.6 is 11.3 Å². The second-order valence-electron chi connectivity index (χ2n) is 4.87. The molecule has 2 amide bonds. The predicted octanol–water partition coefficient (Wildman–Crippen LogP) is 0.372. The number of carbonyl (C=O) groups is 2. The number of rotatable bonds is 3. The molecule has 0 radical (unpaired) electrons. The van der Waals surface area contributed by atoms with Gasteiger partial charge in [-0.25, -0.2) is 4.98 Å². The van der Waals surface area contributed by atoms with Gasteiger partial charge in [0.25, 0.3) is 0 Å². The van der Waals surface area contributed by atoms with Gasteiger partial charge in [0.2, 0.25) is 0 Å². The second kappa shape index (κ2) is 7.23. The number of hydrogen-bond acceptors (Lipinski definition) is 6. The molecule has 1 aliphatic rings. The van der Waals surface area contributed by atoms with Crippen molar-refractivity contribution in [1.29, 1.82) is 0 Å². The highest BCUT2D eigenvalue weighted by Gasteiger charge is 2.30. The zero-order chi connectivity index (χ0) is 17.0. The largest absolute Gasteiger partial charge is 0.394 e. The summed E-state index contributed by atoms with van der Waals surface area (Å²) in [5, 5.41) is 3.35. The van der Waals surface area contributed by atoms with Gasteiger partial charge in [-0.3, -0.25) is 14.9 Å². The van der Waals surface area contributed by atoms with E-state index in [-0.39, 0.29) is 43.2 Å². The number of nitrogens with zero attached hydrogens (tertiary/aromatic N) is 2. The number of nitrogens with one attached hydrogen (secondary N) is 1. The Kier molecular flexibility index (Phi) is 5.55. The molecule has 2 rings (SSSR count). The summed E-state index contributed by atoms with van der Waals surface area (Å²) >= 11 is 0.829. The summed E-state index contributed by atoms with van der Waals surface area (Å²) in [5.74, 6) is -1.74. The van der Waals surface area contributed by atoms with Crippen molar-refractivity contribution in [3.8, 4) is 0 Å². The Hall–Kier alpha value is -1.72. The highest BCUT2D eigenvalue weighted by Crippen LogP contribution is 2.24. The van der Waals surface area contributed by atoms with E-state index in [1.807, 2.05) is 0 Å². The highest BCUT2D eigenvalue weighted by atomic mass is 32.1. The molecule has 128 valence electrons. The molecule has 7 nitrogen and oxygen atoms in total. The van der Waals surface area contributed by atoms with Crippen molar-refractivity contribution in [3.63, 3.8) is 0 Å². The van der Waals surface area contributed by atoms with Crippen LogP contribution in [0.25, 0.3) is 0 Å². The lowest BCUT2D eigenvalue weighted by Gasteiger charge is -2.31. The van der Waals surface area contributed by atoms with Crippen LogP contribution in [-0.2, 0) is 20.7 Å². The van der Waals surface area contributed by atoms with Crippen molar-refractivity contribution in [1.82, 2.24) is 9.88 Å². The van der Waals surface area contributed by atoms with Crippen molar-refractivity contribution >= 4 is 28.3 Å². The Morgan fingerprint density at radius 1 is 1.52 bits per heavy atom. The van der Waals surface area contributed by atoms with E-state index >= 15 is 0 Å². The fourth-order valence-corrected chi connectivity index (χ4v) is 2.70. The van der Waals surface area contributed by atoms with Gasteiger partial charge in [-0.1, -0.05) is 0 Å². The van der Waals surface area contributed by atoms with Crippen LogP contribution in [0.4, 0.5) is 18.3 Å². The number of amides is 2. The molecule has 0 bridgehead atoms. The average Bonchev–Trinajstić information content (AvgIpc) is 2.91. The molecule has 1 aromatic rings. The Bertz CT molecular complexity index is 578. The summed E-state index contributed by atoms with van der Waals surface area (Å²) in [6.07, 6.45) is -5.90. The molecular weight excluding hydrogens is 337 g/mol. The van der Waals surface area contributed by atoms with E-state index < -0.39 is 24.4 Å². The summed E-state index contributed by atoms with van der Waals surface area (Å²) in [4.78, 5) is 28.8. The lowest BCUT2D eigenvalue weighted by Crippen LogP contribution is -2.51. The zero-order valence-corrected chi connectivity index (χ0v) is 12.7. The van der Waals surface area contributed by atoms with Gasteiger partial charge in [-0.15, -0.1) is 11.3 Å². The molecule has 3 N–H and O–H groups in total. The molecule has 0 aliphatic carbocycles. The first-order chi connectivity index (χ1) is 10.8. The maximum Gasteiger partial charge on any atom is 0.394 e. The van der Waals surface area contributed by atoms with Crippen molar-refractivity contribution in [2.45, 2.75) is 18.7 Å². The van der Waals surface area contributed by atoms with Gasteiger partial charge in [0, 0.05) is 25.0 Å². The monoisotopic (exact) mass is 352 g/mol. The molecule has 23 heavy (non-hydrogen) atoms. The highest BCUT2D eigenvalue weighted by molar-refractivity contribution is 7.14. The number of morpholine rings is 1. The SMILES string of the molecule is NCC1CN(C(=O)C(=O)Nc2nc(CC(F)(F)F)cs2)CCO1. The van der Waals surface area contributed by atoms with E-state index in [4.69, 9.17) is 10.5 Å². The van der Waals surface area contributed by atoms with Crippen LogP contribution in [-0.4, -0.2) is 60.2 Å². The van der Waals surface area contributed by atoms with E-state index in [1.165, 1.54) is 10.3 Å². The zero-order valence-electron chi connectivity index (χ0n) is 11.9. The number of hydrogen-bond donors (Lipinski definition) is 2. The summed E-state index contributed by atoms with van der Waals surface area (Å²) < 4.78 is 42.0. The first kappa shape index (κ1) is 17.6. The second-order valence-corrected chi connectivity index (χ2v) is 5.73. The Morgan fingerprint density at radius 2 is 2.26 bits per heavy atom. The van der Waals surface area contributed by atoms with Gasteiger partial charge < -0.3 is 15.4 Å².